The van der Waals surface area contributed by atoms with E-state index in [0.717, 1.165) is 36.0 Å². The zero-order valence-electron chi connectivity index (χ0n) is 18.0. The van der Waals surface area contributed by atoms with Crippen molar-refractivity contribution in [3.8, 4) is 5.75 Å². The first kappa shape index (κ1) is 22.9. The Balaban J connectivity index is 1.71. The van der Waals surface area contributed by atoms with Crippen molar-refractivity contribution in [2.75, 3.05) is 6.61 Å². The van der Waals surface area contributed by atoms with E-state index >= 15 is 0 Å². The number of esters is 1. The molecule has 2 aromatic carbocycles. The highest BCUT2D eigenvalue weighted by molar-refractivity contribution is 6.30. The molecule has 0 saturated carbocycles. The molecule has 0 radical (unpaired) electrons. The lowest BCUT2D eigenvalue weighted by Gasteiger charge is -2.15. The second kappa shape index (κ2) is 10.1. The molecule has 0 unspecified atom stereocenters. The molecule has 1 aromatic heterocycles. The second-order valence-electron chi connectivity index (χ2n) is 7.57. The first-order valence-corrected chi connectivity index (χ1v) is 11.1. The van der Waals surface area contributed by atoms with E-state index in [0.29, 0.717) is 16.5 Å². The van der Waals surface area contributed by atoms with Gasteiger partial charge in [-0.25, -0.2) is 18.6 Å². The Labute approximate surface area is 195 Å². The number of aromatic nitrogens is 1. The summed E-state index contributed by atoms with van der Waals surface area (Å²) in [6, 6.07) is 14.1. The van der Waals surface area contributed by atoms with Gasteiger partial charge >= 0.3 is 5.97 Å². The minimum absolute atomic E-state index is 0.136. The molecule has 3 aromatic rings. The Kier molecular flexibility index (Phi) is 7.04. The van der Waals surface area contributed by atoms with Crippen LogP contribution in [0.15, 0.2) is 54.6 Å². The van der Waals surface area contributed by atoms with Crippen LogP contribution in [0.5, 0.6) is 5.75 Å². The fourth-order valence-corrected chi connectivity index (χ4v) is 4.10. The molecule has 0 fully saturated rings. The molecule has 0 amide bonds. The van der Waals surface area contributed by atoms with Gasteiger partial charge in [0.1, 0.15) is 29.7 Å². The predicted molar refractivity (Wildman–Crippen MR) is 123 cm³/mol. The van der Waals surface area contributed by atoms with Gasteiger partial charge in [-0.1, -0.05) is 23.7 Å². The van der Waals surface area contributed by atoms with Crippen molar-refractivity contribution in [1.29, 1.82) is 0 Å². The molecule has 4 nitrogen and oxygen atoms in total. The van der Waals surface area contributed by atoms with Crippen molar-refractivity contribution in [1.82, 2.24) is 4.98 Å². The van der Waals surface area contributed by atoms with Crippen LogP contribution in [0, 0.1) is 11.6 Å². The Morgan fingerprint density at radius 1 is 1.03 bits per heavy atom. The van der Waals surface area contributed by atoms with Crippen molar-refractivity contribution in [3.05, 3.63) is 93.8 Å². The molecular weight excluding hydrogens is 448 g/mol. The molecule has 1 heterocycles. The van der Waals surface area contributed by atoms with Crippen LogP contribution in [0.3, 0.4) is 0 Å². The molecule has 170 valence electrons. The summed E-state index contributed by atoms with van der Waals surface area (Å²) in [5, 5.41) is 0.515. The fourth-order valence-electron chi connectivity index (χ4n) is 3.93. The molecule has 0 N–H and O–H groups in total. The summed E-state index contributed by atoms with van der Waals surface area (Å²) in [7, 11) is 0. The van der Waals surface area contributed by atoms with Crippen LogP contribution in [-0.4, -0.2) is 17.6 Å². The first-order valence-electron chi connectivity index (χ1n) is 10.7. The molecule has 7 heteroatoms. The van der Waals surface area contributed by atoms with E-state index in [1.807, 2.05) is 6.07 Å². The van der Waals surface area contributed by atoms with Gasteiger partial charge in [0.05, 0.1) is 17.9 Å². The van der Waals surface area contributed by atoms with E-state index in [9.17, 15) is 13.6 Å². The Bertz CT molecular complexity index is 1210. The Morgan fingerprint density at radius 2 is 1.76 bits per heavy atom. The number of rotatable bonds is 7. The number of ether oxygens (including phenoxy) is 2. The zero-order valence-corrected chi connectivity index (χ0v) is 18.8. The maximum Gasteiger partial charge on any atom is 0.356 e. The van der Waals surface area contributed by atoms with Crippen molar-refractivity contribution < 1.29 is 23.0 Å². The van der Waals surface area contributed by atoms with E-state index in [1.54, 1.807) is 37.3 Å². The number of carbonyl (C=O) groups excluding carboxylic acids is 1. The lowest BCUT2D eigenvalue weighted by Crippen LogP contribution is -2.08. The number of pyridine rings is 1. The Morgan fingerprint density at radius 3 is 2.52 bits per heavy atom. The van der Waals surface area contributed by atoms with E-state index in [4.69, 9.17) is 21.1 Å². The molecule has 4 rings (SSSR count). The maximum absolute atomic E-state index is 14.1. The topological polar surface area (TPSA) is 48.4 Å². The summed E-state index contributed by atoms with van der Waals surface area (Å²) in [6.45, 7) is 1.75. The van der Waals surface area contributed by atoms with Crippen LogP contribution in [0.4, 0.5) is 8.78 Å². The standard InChI is InChI=1S/C26H22ClF2NO3/c1-2-32-26(31)24-11-5-10-23(30-24)18-7-3-6-17(18)19-14-16(27)12-13-25(19)33-15-20-21(28)8-4-9-22(20)29/h4-5,8-14H,2-3,6-7,15H2,1H3. The number of allylic oxidation sites excluding steroid dienone is 2. The lowest BCUT2D eigenvalue weighted by molar-refractivity contribution is 0.0519. The van der Waals surface area contributed by atoms with Crippen molar-refractivity contribution in [2.45, 2.75) is 32.8 Å². The molecule has 1 aliphatic carbocycles. The number of hydrogen-bond donors (Lipinski definition) is 0. The number of benzene rings is 2. The summed E-state index contributed by atoms with van der Waals surface area (Å²) in [4.78, 5) is 16.6. The molecular formula is C26H22ClF2NO3. The highest BCUT2D eigenvalue weighted by Crippen LogP contribution is 2.43. The summed E-state index contributed by atoms with van der Waals surface area (Å²) in [5.41, 5.74) is 3.49. The summed E-state index contributed by atoms with van der Waals surface area (Å²) >= 11 is 6.28. The van der Waals surface area contributed by atoms with Gasteiger partial charge in [0.2, 0.25) is 0 Å². The van der Waals surface area contributed by atoms with Gasteiger partial charge in [-0.05, 0) is 79.8 Å². The molecule has 0 bridgehead atoms. The van der Waals surface area contributed by atoms with Gasteiger partial charge in [-0.2, -0.15) is 0 Å². The average molecular weight is 470 g/mol. The van der Waals surface area contributed by atoms with Crippen LogP contribution in [0.2, 0.25) is 5.02 Å². The molecule has 0 atom stereocenters. The van der Waals surface area contributed by atoms with Gasteiger partial charge in [0.15, 0.2) is 0 Å². The number of carbonyl (C=O) groups is 1. The fraction of sp³-hybridized carbons (Fsp3) is 0.231. The van der Waals surface area contributed by atoms with Crippen LogP contribution in [0.1, 0.15) is 53.5 Å². The van der Waals surface area contributed by atoms with Crippen LogP contribution in [-0.2, 0) is 11.3 Å². The number of halogens is 3. The maximum atomic E-state index is 14.1. The van der Waals surface area contributed by atoms with Gasteiger partial charge in [-0.15, -0.1) is 0 Å². The zero-order chi connectivity index (χ0) is 23.4. The Hall–Kier alpha value is -3.25. The summed E-state index contributed by atoms with van der Waals surface area (Å²) < 4.78 is 39.1. The molecule has 33 heavy (non-hydrogen) atoms. The molecule has 0 saturated heterocycles. The first-order chi connectivity index (χ1) is 16.0. The predicted octanol–water partition coefficient (Wildman–Crippen LogP) is 6.86. The molecule has 0 aliphatic heterocycles. The minimum Gasteiger partial charge on any atom is -0.488 e. The summed E-state index contributed by atoms with van der Waals surface area (Å²) in [6.07, 6.45) is 2.41. The molecule has 0 spiro atoms. The molecule has 1 aliphatic rings. The number of nitrogens with zero attached hydrogens (tertiary/aromatic N) is 1. The van der Waals surface area contributed by atoms with Gasteiger partial charge in [0, 0.05) is 10.6 Å². The van der Waals surface area contributed by atoms with Crippen molar-refractivity contribution >= 4 is 28.7 Å². The van der Waals surface area contributed by atoms with Gasteiger partial charge in [0.25, 0.3) is 0 Å². The van der Waals surface area contributed by atoms with Crippen LogP contribution >= 0.6 is 11.6 Å². The third-order valence-electron chi connectivity index (χ3n) is 5.46. The van der Waals surface area contributed by atoms with Gasteiger partial charge in [-0.3, -0.25) is 0 Å². The van der Waals surface area contributed by atoms with E-state index in [2.05, 4.69) is 4.98 Å². The highest BCUT2D eigenvalue weighted by Gasteiger charge is 2.23. The SMILES string of the molecule is CCOC(=O)c1cccc(C2=C(c3cc(Cl)ccc3OCc3c(F)cccc3F)CCC2)n1. The smallest absolute Gasteiger partial charge is 0.356 e. The number of hydrogen-bond acceptors (Lipinski definition) is 4. The van der Waals surface area contributed by atoms with Crippen molar-refractivity contribution in [2.24, 2.45) is 0 Å². The quantitative estimate of drug-likeness (QED) is 0.354. The van der Waals surface area contributed by atoms with Gasteiger partial charge < -0.3 is 9.47 Å². The lowest BCUT2D eigenvalue weighted by atomic mass is 9.99. The second-order valence-corrected chi connectivity index (χ2v) is 8.01. The third-order valence-corrected chi connectivity index (χ3v) is 5.70. The van der Waals surface area contributed by atoms with E-state index in [-0.39, 0.29) is 24.5 Å². The average Bonchev–Trinajstić information content (AvgIpc) is 3.29. The highest BCUT2D eigenvalue weighted by atomic mass is 35.5. The van der Waals surface area contributed by atoms with E-state index < -0.39 is 17.6 Å². The van der Waals surface area contributed by atoms with Crippen LogP contribution < -0.4 is 4.74 Å². The summed E-state index contributed by atoms with van der Waals surface area (Å²) in [5.74, 6) is -1.33. The normalized spacial score (nSPS) is 13.3. The van der Waals surface area contributed by atoms with Crippen LogP contribution in [0.25, 0.3) is 11.1 Å². The minimum atomic E-state index is -0.661. The van der Waals surface area contributed by atoms with E-state index in [1.165, 1.54) is 18.2 Å². The third kappa shape index (κ3) is 5.06. The van der Waals surface area contributed by atoms with Crippen molar-refractivity contribution in [3.63, 3.8) is 0 Å². The largest absolute Gasteiger partial charge is 0.488 e. The monoisotopic (exact) mass is 469 g/mol.